The van der Waals surface area contributed by atoms with E-state index >= 15 is 0 Å². The molecule has 2 aliphatic carbocycles. The molecule has 4 rings (SSSR count). The monoisotopic (exact) mass is 540 g/mol. The van der Waals surface area contributed by atoms with Crippen LogP contribution in [0.1, 0.15) is 49.9 Å². The first-order valence-corrected chi connectivity index (χ1v) is 14.0. The van der Waals surface area contributed by atoms with Gasteiger partial charge in [0.15, 0.2) is 21.5 Å². The van der Waals surface area contributed by atoms with Crippen LogP contribution in [-0.4, -0.2) is 54.8 Å². The van der Waals surface area contributed by atoms with Crippen molar-refractivity contribution in [3.8, 4) is 0 Å². The molecule has 2 fully saturated rings. The largest absolute Gasteiger partial charge is 0.388 e. The van der Waals surface area contributed by atoms with Crippen molar-refractivity contribution in [2.24, 2.45) is 11.8 Å². The lowest BCUT2D eigenvalue weighted by atomic mass is 9.74. The summed E-state index contributed by atoms with van der Waals surface area (Å²) < 4.78 is 54.1. The Hall–Kier alpha value is -2.07. The Bertz CT molecular complexity index is 1260. The van der Waals surface area contributed by atoms with E-state index in [9.17, 15) is 27.1 Å². The first-order chi connectivity index (χ1) is 16.8. The molecule has 0 spiro atoms. The SMILES string of the molecule is CC(C)N(C)C[C@@]1(O)[C@@H]2CC[C@H]1C[C@H](S(=O)(=O)c1cc(C(=O)Nc3ccc(F)c(F)c3)ccc1Cl)C2. The highest BCUT2D eigenvalue weighted by molar-refractivity contribution is 7.92. The van der Waals surface area contributed by atoms with Crippen LogP contribution in [-0.2, 0) is 9.84 Å². The van der Waals surface area contributed by atoms with E-state index in [0.29, 0.717) is 19.4 Å². The van der Waals surface area contributed by atoms with Crippen LogP contribution in [0.2, 0.25) is 5.02 Å². The maximum absolute atomic E-state index is 13.7. The Morgan fingerprint density at radius 1 is 1.14 bits per heavy atom. The van der Waals surface area contributed by atoms with E-state index in [1.54, 1.807) is 0 Å². The van der Waals surface area contributed by atoms with Gasteiger partial charge in [0.2, 0.25) is 0 Å². The van der Waals surface area contributed by atoms with Gasteiger partial charge < -0.3 is 15.3 Å². The van der Waals surface area contributed by atoms with Gasteiger partial charge in [-0.2, -0.15) is 0 Å². The van der Waals surface area contributed by atoms with Crippen molar-refractivity contribution in [2.45, 2.75) is 61.3 Å². The lowest BCUT2D eigenvalue weighted by molar-refractivity contribution is -0.0806. The van der Waals surface area contributed by atoms with Crippen LogP contribution in [0.3, 0.4) is 0 Å². The zero-order chi connectivity index (χ0) is 26.4. The summed E-state index contributed by atoms with van der Waals surface area (Å²) in [6.45, 7) is 4.60. The predicted octanol–water partition coefficient (Wildman–Crippen LogP) is 4.90. The zero-order valence-electron chi connectivity index (χ0n) is 20.5. The third kappa shape index (κ3) is 5.03. The zero-order valence-corrected chi connectivity index (χ0v) is 22.0. The van der Waals surface area contributed by atoms with E-state index in [-0.39, 0.29) is 39.0 Å². The molecular weight excluding hydrogens is 510 g/mol. The number of rotatable bonds is 7. The lowest BCUT2D eigenvalue weighted by Gasteiger charge is -2.45. The number of likely N-dealkylation sites (N-methyl/N-ethyl adjacent to an activating group) is 1. The van der Waals surface area contributed by atoms with Gasteiger partial charge >= 0.3 is 0 Å². The van der Waals surface area contributed by atoms with E-state index in [1.807, 2.05) is 7.05 Å². The molecule has 0 unspecified atom stereocenters. The number of carbonyl (C=O) groups excluding carboxylic acids is 1. The molecule has 0 aliphatic heterocycles. The molecule has 2 N–H and O–H groups in total. The molecule has 36 heavy (non-hydrogen) atoms. The van der Waals surface area contributed by atoms with Crippen LogP contribution in [0.15, 0.2) is 41.3 Å². The molecule has 2 bridgehead atoms. The van der Waals surface area contributed by atoms with Gasteiger partial charge in [0.1, 0.15) is 0 Å². The van der Waals surface area contributed by atoms with Crippen molar-refractivity contribution in [3.05, 3.63) is 58.6 Å². The molecule has 0 aromatic heterocycles. The van der Waals surface area contributed by atoms with Gasteiger partial charge in [-0.15, -0.1) is 0 Å². The van der Waals surface area contributed by atoms with E-state index in [0.717, 1.165) is 25.0 Å². The van der Waals surface area contributed by atoms with Crippen molar-refractivity contribution in [1.29, 1.82) is 0 Å². The second-order valence-electron chi connectivity index (χ2n) is 10.3. The highest BCUT2D eigenvalue weighted by atomic mass is 35.5. The first kappa shape index (κ1) is 27.0. The average molecular weight is 541 g/mol. The van der Waals surface area contributed by atoms with Crippen LogP contribution < -0.4 is 5.32 Å². The minimum Gasteiger partial charge on any atom is -0.388 e. The maximum Gasteiger partial charge on any atom is 0.255 e. The van der Waals surface area contributed by atoms with Gasteiger partial charge in [0.05, 0.1) is 20.8 Å². The van der Waals surface area contributed by atoms with Gasteiger partial charge in [0, 0.05) is 29.9 Å². The number of carbonyl (C=O) groups is 1. The first-order valence-electron chi connectivity index (χ1n) is 12.1. The molecule has 0 radical (unpaired) electrons. The number of benzene rings is 2. The number of amides is 1. The quantitative estimate of drug-likeness (QED) is 0.521. The van der Waals surface area contributed by atoms with E-state index < -0.39 is 38.2 Å². The number of anilines is 1. The molecule has 10 heteroatoms. The van der Waals surface area contributed by atoms with Crippen LogP contribution in [0, 0.1) is 23.5 Å². The molecule has 6 nitrogen and oxygen atoms in total. The minimum absolute atomic E-state index is 0.00657. The van der Waals surface area contributed by atoms with Crippen molar-refractivity contribution in [1.82, 2.24) is 4.90 Å². The number of aliphatic hydroxyl groups is 1. The number of fused-ring (bicyclic) bond motifs is 2. The topological polar surface area (TPSA) is 86.7 Å². The molecule has 2 aromatic carbocycles. The van der Waals surface area contributed by atoms with Crippen LogP contribution in [0.5, 0.6) is 0 Å². The molecule has 2 saturated carbocycles. The highest BCUT2D eigenvalue weighted by Gasteiger charge is 2.56. The van der Waals surface area contributed by atoms with E-state index in [4.69, 9.17) is 11.6 Å². The summed E-state index contributed by atoms with van der Waals surface area (Å²) in [7, 11) is -1.94. The summed E-state index contributed by atoms with van der Waals surface area (Å²) in [4.78, 5) is 14.7. The number of halogens is 3. The van der Waals surface area contributed by atoms with Crippen molar-refractivity contribution >= 4 is 33.0 Å². The molecule has 0 saturated heterocycles. The summed E-state index contributed by atoms with van der Waals surface area (Å²) in [6.07, 6.45) is 2.18. The number of sulfone groups is 1. The number of hydrogen-bond donors (Lipinski definition) is 2. The third-order valence-corrected chi connectivity index (χ3v) is 10.5. The van der Waals surface area contributed by atoms with Crippen LogP contribution in [0.4, 0.5) is 14.5 Å². The van der Waals surface area contributed by atoms with E-state index in [1.165, 1.54) is 24.3 Å². The third-order valence-electron chi connectivity index (χ3n) is 7.87. The number of nitrogens with one attached hydrogen (secondary N) is 1. The Kier molecular flexibility index (Phi) is 7.50. The van der Waals surface area contributed by atoms with Crippen LogP contribution in [0.25, 0.3) is 0 Å². The van der Waals surface area contributed by atoms with Gasteiger partial charge in [0.25, 0.3) is 5.91 Å². The highest BCUT2D eigenvalue weighted by Crippen LogP contribution is 2.52. The van der Waals surface area contributed by atoms with Gasteiger partial charge in [-0.1, -0.05) is 11.6 Å². The van der Waals surface area contributed by atoms with Gasteiger partial charge in [-0.3, -0.25) is 4.79 Å². The number of nitrogens with zero attached hydrogens (tertiary/aromatic N) is 1. The summed E-state index contributed by atoms with van der Waals surface area (Å²) in [5.74, 6) is -3.12. The summed E-state index contributed by atoms with van der Waals surface area (Å²) >= 11 is 6.29. The molecular formula is C26H31ClF2N2O4S. The molecule has 0 heterocycles. The molecule has 196 valence electrons. The Balaban J connectivity index is 1.56. The normalized spacial score (nSPS) is 26.0. The molecule has 1 amide bonds. The Morgan fingerprint density at radius 3 is 2.36 bits per heavy atom. The van der Waals surface area contributed by atoms with E-state index in [2.05, 4.69) is 24.1 Å². The fourth-order valence-corrected chi connectivity index (χ4v) is 7.93. The fourth-order valence-electron chi connectivity index (χ4n) is 5.52. The summed E-state index contributed by atoms with van der Waals surface area (Å²) in [6, 6.07) is 7.15. The van der Waals surface area contributed by atoms with Gasteiger partial charge in [-0.05, 0) is 88.7 Å². The molecule has 2 aliphatic rings. The standard InChI is InChI=1S/C26H31ClF2N2O4S/c1-15(2)31(3)14-26(33)17-5-6-18(26)12-20(11-17)36(34,35)24-10-16(4-8-21(24)27)25(32)30-19-7-9-22(28)23(29)13-19/h4,7-10,13,15,17-18,20,33H,5-6,11-12,14H2,1-3H3,(H,30,32)/t17-,18+,20-,26-. The van der Waals surface area contributed by atoms with Crippen LogP contribution >= 0.6 is 11.6 Å². The second-order valence-corrected chi connectivity index (χ2v) is 12.9. The minimum atomic E-state index is -3.90. The van der Waals surface area contributed by atoms with Crippen molar-refractivity contribution in [3.63, 3.8) is 0 Å². The predicted molar refractivity (Wildman–Crippen MR) is 135 cm³/mol. The molecule has 4 atom stereocenters. The summed E-state index contributed by atoms with van der Waals surface area (Å²) in [5, 5.41) is 13.3. The summed E-state index contributed by atoms with van der Waals surface area (Å²) in [5.41, 5.74) is -0.870. The Labute approximate surface area is 215 Å². The van der Waals surface area contributed by atoms with Gasteiger partial charge in [-0.25, -0.2) is 17.2 Å². The fraction of sp³-hybridized carbons (Fsp3) is 0.500. The smallest absolute Gasteiger partial charge is 0.255 e. The maximum atomic E-state index is 13.7. The lowest BCUT2D eigenvalue weighted by Crippen LogP contribution is -2.55. The van der Waals surface area contributed by atoms with Crippen molar-refractivity contribution < 1.29 is 27.1 Å². The average Bonchev–Trinajstić information content (AvgIpc) is 2.98. The second kappa shape index (κ2) is 10.0. The van der Waals surface area contributed by atoms with Crippen molar-refractivity contribution in [2.75, 3.05) is 18.9 Å². The molecule has 2 aromatic rings. The Morgan fingerprint density at radius 2 is 1.78 bits per heavy atom. The number of hydrogen-bond acceptors (Lipinski definition) is 5.